The topological polar surface area (TPSA) is 126 Å². The van der Waals surface area contributed by atoms with Gasteiger partial charge < -0.3 is 29.6 Å². The van der Waals surface area contributed by atoms with Crippen LogP contribution in [0.3, 0.4) is 0 Å². The average Bonchev–Trinajstić information content (AvgIpc) is 3.13. The molecule has 9 heteroatoms. The maximum absolute atomic E-state index is 13.3. The van der Waals surface area contributed by atoms with Crippen LogP contribution in [0.1, 0.15) is 30.0 Å². The highest BCUT2D eigenvalue weighted by molar-refractivity contribution is 5.99. The molecule has 3 N–H and O–H groups in total. The van der Waals surface area contributed by atoms with E-state index in [1.54, 1.807) is 29.7 Å². The van der Waals surface area contributed by atoms with Crippen molar-refractivity contribution in [2.75, 3.05) is 12.5 Å². The summed E-state index contributed by atoms with van der Waals surface area (Å²) >= 11 is 0. The van der Waals surface area contributed by atoms with E-state index in [1.807, 2.05) is 0 Å². The van der Waals surface area contributed by atoms with E-state index in [-0.39, 0.29) is 43.1 Å². The van der Waals surface area contributed by atoms with Crippen LogP contribution < -0.4 is 20.8 Å². The molecule has 5 heterocycles. The van der Waals surface area contributed by atoms with Gasteiger partial charge in [0.1, 0.15) is 12.4 Å². The number of nitrogens with zero attached hydrogens (tertiary/aromatic N) is 2. The van der Waals surface area contributed by atoms with Gasteiger partial charge in [-0.3, -0.25) is 4.79 Å². The normalized spacial score (nSPS) is 20.7. The lowest BCUT2D eigenvalue weighted by Crippen LogP contribution is -2.44. The summed E-state index contributed by atoms with van der Waals surface area (Å²) in [5, 5.41) is 11.6. The number of nitrogen functional groups attached to an aromatic ring is 1. The highest BCUT2D eigenvalue weighted by atomic mass is 16.7. The Kier molecular flexibility index (Phi) is 3.18. The predicted molar refractivity (Wildman–Crippen MR) is 105 cm³/mol. The number of nitrogens with two attached hydrogens (primary N) is 1. The molecule has 0 bridgehead atoms. The fraction of sp³-hybridized carbons (Fsp3) is 0.286. The SMILES string of the molecule is CC[C@@]1(O)C(=O)OCc2c1cc1n(c2=O)Cc2c-1nc1ccc(N)c3c1c2OCO3. The van der Waals surface area contributed by atoms with Crippen molar-refractivity contribution >= 4 is 22.6 Å². The molecule has 0 amide bonds. The number of esters is 1. The van der Waals surface area contributed by atoms with Gasteiger partial charge in [-0.05, 0) is 24.6 Å². The summed E-state index contributed by atoms with van der Waals surface area (Å²) in [5.41, 5.74) is 7.40. The van der Waals surface area contributed by atoms with Crippen LogP contribution in [0.25, 0.3) is 22.3 Å². The summed E-state index contributed by atoms with van der Waals surface area (Å²) in [4.78, 5) is 30.3. The number of rotatable bonds is 1. The smallest absolute Gasteiger partial charge is 0.343 e. The predicted octanol–water partition coefficient (Wildman–Crippen LogP) is 1.39. The van der Waals surface area contributed by atoms with Crippen LogP contribution in [-0.4, -0.2) is 27.4 Å². The Morgan fingerprint density at radius 2 is 2.00 bits per heavy atom. The summed E-state index contributed by atoms with van der Waals surface area (Å²) in [6.45, 7) is 1.76. The molecule has 3 aliphatic heterocycles. The van der Waals surface area contributed by atoms with Crippen molar-refractivity contribution in [1.29, 1.82) is 0 Å². The van der Waals surface area contributed by atoms with Crippen LogP contribution >= 0.6 is 0 Å². The van der Waals surface area contributed by atoms with E-state index in [2.05, 4.69) is 0 Å². The molecule has 0 aliphatic carbocycles. The lowest BCUT2D eigenvalue weighted by molar-refractivity contribution is -0.172. The van der Waals surface area contributed by atoms with Gasteiger partial charge in [0, 0.05) is 11.1 Å². The molecule has 0 saturated heterocycles. The van der Waals surface area contributed by atoms with Gasteiger partial charge in [-0.15, -0.1) is 0 Å². The van der Waals surface area contributed by atoms with Crippen molar-refractivity contribution in [3.8, 4) is 22.9 Å². The van der Waals surface area contributed by atoms with Gasteiger partial charge in [-0.25, -0.2) is 9.78 Å². The summed E-state index contributed by atoms with van der Waals surface area (Å²) in [7, 11) is 0. The molecule has 3 aromatic rings. The number of aliphatic hydroxyl groups is 1. The van der Waals surface area contributed by atoms with E-state index in [4.69, 9.17) is 24.9 Å². The number of pyridine rings is 2. The van der Waals surface area contributed by atoms with Crippen molar-refractivity contribution in [3.05, 3.63) is 45.2 Å². The second-order valence-electron chi connectivity index (χ2n) is 7.66. The Morgan fingerprint density at radius 1 is 1.20 bits per heavy atom. The van der Waals surface area contributed by atoms with Crippen molar-refractivity contribution in [3.63, 3.8) is 0 Å². The number of ether oxygens (including phenoxy) is 3. The third-order valence-electron chi connectivity index (χ3n) is 6.19. The number of anilines is 1. The number of benzene rings is 1. The van der Waals surface area contributed by atoms with E-state index in [0.29, 0.717) is 39.5 Å². The van der Waals surface area contributed by atoms with Crippen molar-refractivity contribution < 1.29 is 24.1 Å². The van der Waals surface area contributed by atoms with Gasteiger partial charge in [0.25, 0.3) is 5.56 Å². The van der Waals surface area contributed by atoms with Gasteiger partial charge in [0.15, 0.2) is 11.4 Å². The van der Waals surface area contributed by atoms with E-state index < -0.39 is 11.6 Å². The lowest BCUT2D eigenvalue weighted by atomic mass is 9.86. The molecule has 0 unspecified atom stereocenters. The molecule has 1 atom stereocenters. The van der Waals surface area contributed by atoms with Gasteiger partial charge in [-0.1, -0.05) is 6.92 Å². The van der Waals surface area contributed by atoms with Crippen LogP contribution in [0, 0.1) is 0 Å². The number of hydrogen-bond acceptors (Lipinski definition) is 8. The third-order valence-corrected chi connectivity index (χ3v) is 6.19. The molecule has 0 fully saturated rings. The molecule has 2 aromatic heterocycles. The average molecular weight is 407 g/mol. The van der Waals surface area contributed by atoms with E-state index >= 15 is 0 Å². The van der Waals surface area contributed by atoms with Gasteiger partial charge in [0.2, 0.25) is 6.79 Å². The fourth-order valence-electron chi connectivity index (χ4n) is 4.58. The minimum atomic E-state index is -1.86. The standard InChI is InChI=1S/C21H17N3O6/c1-2-21(27)11-5-14-16-9(6-24(14)19(25)10(11)7-28-20(21)26)17-15-13(23-16)4-3-12(22)18(15)30-8-29-17/h3-5,27H,2,6-8,22H2,1H3/t21-/m0/s1. The zero-order chi connectivity index (χ0) is 20.8. The number of carbonyl (C=O) groups excluding carboxylic acids is 1. The first-order valence-electron chi connectivity index (χ1n) is 9.62. The van der Waals surface area contributed by atoms with Gasteiger partial charge in [-0.2, -0.15) is 0 Å². The van der Waals surface area contributed by atoms with Crippen molar-refractivity contribution in [2.24, 2.45) is 0 Å². The van der Waals surface area contributed by atoms with Crippen LogP contribution in [0.2, 0.25) is 0 Å². The van der Waals surface area contributed by atoms with Gasteiger partial charge >= 0.3 is 5.97 Å². The maximum atomic E-state index is 13.3. The molecule has 1 aromatic carbocycles. The molecule has 0 spiro atoms. The molecule has 6 rings (SSSR count). The van der Waals surface area contributed by atoms with Crippen LogP contribution in [0.5, 0.6) is 11.5 Å². The highest BCUT2D eigenvalue weighted by Gasteiger charge is 2.45. The van der Waals surface area contributed by atoms with E-state index in [9.17, 15) is 14.7 Å². The monoisotopic (exact) mass is 407 g/mol. The first-order valence-corrected chi connectivity index (χ1v) is 9.62. The molecule has 30 heavy (non-hydrogen) atoms. The maximum Gasteiger partial charge on any atom is 0.343 e. The van der Waals surface area contributed by atoms with Gasteiger partial charge in [0.05, 0.1) is 40.1 Å². The third kappa shape index (κ3) is 1.92. The Morgan fingerprint density at radius 3 is 2.80 bits per heavy atom. The Bertz CT molecular complexity index is 1360. The molecule has 0 saturated carbocycles. The second kappa shape index (κ2) is 5.51. The first kappa shape index (κ1) is 17.3. The Hall–Kier alpha value is -3.59. The fourth-order valence-corrected chi connectivity index (χ4v) is 4.58. The summed E-state index contributed by atoms with van der Waals surface area (Å²) in [5.74, 6) is 0.357. The minimum absolute atomic E-state index is 0.00639. The van der Waals surface area contributed by atoms with E-state index in [1.165, 1.54) is 0 Å². The number of cyclic esters (lactones) is 1. The zero-order valence-electron chi connectivity index (χ0n) is 16.0. The van der Waals surface area contributed by atoms with Crippen LogP contribution in [0.15, 0.2) is 23.0 Å². The molecule has 9 nitrogen and oxygen atoms in total. The molecular weight excluding hydrogens is 390 g/mol. The summed E-state index contributed by atoms with van der Waals surface area (Å²) < 4.78 is 18.1. The highest BCUT2D eigenvalue weighted by Crippen LogP contribution is 2.47. The van der Waals surface area contributed by atoms with E-state index in [0.717, 1.165) is 5.56 Å². The largest absolute Gasteiger partial charge is 0.458 e. The number of hydrogen-bond donors (Lipinski definition) is 2. The summed E-state index contributed by atoms with van der Waals surface area (Å²) in [6.07, 6.45) is 0.0913. The Balaban J connectivity index is 1.68. The molecule has 3 aliphatic rings. The zero-order valence-corrected chi connectivity index (χ0v) is 16.0. The molecular formula is C21H17N3O6. The number of carbonyl (C=O) groups is 1. The molecule has 152 valence electrons. The quantitative estimate of drug-likeness (QED) is 0.358. The number of fused-ring (bicyclic) bond motifs is 5. The second-order valence-corrected chi connectivity index (χ2v) is 7.66. The van der Waals surface area contributed by atoms with Crippen molar-refractivity contribution in [2.45, 2.75) is 32.1 Å². The number of aromatic nitrogens is 2. The lowest BCUT2D eigenvalue weighted by Gasteiger charge is -2.31. The first-order chi connectivity index (χ1) is 14.4. The van der Waals surface area contributed by atoms with Crippen molar-refractivity contribution in [1.82, 2.24) is 9.55 Å². The molecule has 0 radical (unpaired) electrons. The summed E-state index contributed by atoms with van der Waals surface area (Å²) in [6, 6.07) is 5.16. The van der Waals surface area contributed by atoms with Crippen LogP contribution in [-0.2, 0) is 28.3 Å². The minimum Gasteiger partial charge on any atom is -0.458 e. The Labute approximate surface area is 169 Å². The van der Waals surface area contributed by atoms with Crippen LogP contribution in [0.4, 0.5) is 5.69 Å².